The number of carboxylic acids is 1. The van der Waals surface area contributed by atoms with Crippen molar-refractivity contribution in [3.63, 3.8) is 0 Å². The van der Waals surface area contributed by atoms with Crippen molar-refractivity contribution < 1.29 is 24.5 Å². The third-order valence-corrected chi connectivity index (χ3v) is 2.30. The topological polar surface area (TPSA) is 95.9 Å². The molecule has 1 rings (SSSR count). The van der Waals surface area contributed by atoms with Crippen LogP contribution in [0.2, 0.25) is 0 Å². The van der Waals surface area contributed by atoms with E-state index in [2.05, 4.69) is 5.32 Å². The molecule has 6 heteroatoms. The van der Waals surface area contributed by atoms with Crippen LogP contribution in [0.4, 0.5) is 0 Å². The van der Waals surface area contributed by atoms with Gasteiger partial charge in [0.2, 0.25) is 5.91 Å². The Kier molecular flexibility index (Phi) is 5.56. The molecule has 3 N–H and O–H groups in total. The quantitative estimate of drug-likeness (QED) is 0.642. The van der Waals surface area contributed by atoms with E-state index >= 15 is 0 Å². The molecule has 0 spiro atoms. The first-order valence-electron chi connectivity index (χ1n) is 5.53. The van der Waals surface area contributed by atoms with Gasteiger partial charge in [0.25, 0.3) is 0 Å². The van der Waals surface area contributed by atoms with Crippen LogP contribution in [0.25, 0.3) is 6.08 Å². The van der Waals surface area contributed by atoms with Crippen molar-refractivity contribution in [2.24, 2.45) is 0 Å². The second-order valence-corrected chi connectivity index (χ2v) is 3.71. The van der Waals surface area contributed by atoms with Crippen LogP contribution in [0.15, 0.2) is 30.3 Å². The second-order valence-electron chi connectivity index (χ2n) is 3.71. The van der Waals surface area contributed by atoms with Gasteiger partial charge < -0.3 is 20.3 Å². The van der Waals surface area contributed by atoms with Crippen molar-refractivity contribution in [2.75, 3.05) is 13.7 Å². The number of hydrogen-bond donors (Lipinski definition) is 3. The second kappa shape index (κ2) is 7.17. The third-order valence-electron chi connectivity index (χ3n) is 2.30. The van der Waals surface area contributed by atoms with E-state index in [4.69, 9.17) is 14.9 Å². The first-order valence-corrected chi connectivity index (χ1v) is 5.53. The van der Waals surface area contributed by atoms with Gasteiger partial charge in [-0.3, -0.25) is 4.79 Å². The van der Waals surface area contributed by atoms with Gasteiger partial charge in [-0.2, -0.15) is 0 Å². The SMILES string of the molecule is COc1ccc(C=CC(=O)NCC(O)C(=O)O)cc1. The highest BCUT2D eigenvalue weighted by atomic mass is 16.5. The van der Waals surface area contributed by atoms with Gasteiger partial charge in [0.15, 0.2) is 6.10 Å². The molecule has 0 saturated heterocycles. The molecule has 19 heavy (non-hydrogen) atoms. The van der Waals surface area contributed by atoms with Crippen LogP contribution in [0, 0.1) is 0 Å². The molecule has 0 aromatic heterocycles. The number of ether oxygens (including phenoxy) is 1. The predicted molar refractivity (Wildman–Crippen MR) is 68.7 cm³/mol. The Labute approximate surface area is 110 Å². The highest BCUT2D eigenvalue weighted by molar-refractivity contribution is 5.92. The zero-order valence-electron chi connectivity index (χ0n) is 10.4. The minimum Gasteiger partial charge on any atom is -0.497 e. The van der Waals surface area contributed by atoms with Gasteiger partial charge in [-0.15, -0.1) is 0 Å². The summed E-state index contributed by atoms with van der Waals surface area (Å²) in [6.07, 6.45) is 1.23. The molecule has 1 atom stereocenters. The molecule has 102 valence electrons. The summed E-state index contributed by atoms with van der Waals surface area (Å²) in [5.74, 6) is -1.14. The minimum atomic E-state index is -1.60. The lowest BCUT2D eigenvalue weighted by molar-refractivity contribution is -0.146. The molecule has 1 unspecified atom stereocenters. The van der Waals surface area contributed by atoms with Gasteiger partial charge in [-0.1, -0.05) is 12.1 Å². The van der Waals surface area contributed by atoms with E-state index in [0.717, 1.165) is 5.56 Å². The molecular formula is C13H15NO5. The molecule has 0 fully saturated rings. The van der Waals surface area contributed by atoms with Crippen LogP contribution in [0.5, 0.6) is 5.75 Å². The number of carbonyl (C=O) groups is 2. The Hall–Kier alpha value is -2.34. The molecule has 0 aliphatic heterocycles. The van der Waals surface area contributed by atoms with Crippen molar-refractivity contribution >= 4 is 18.0 Å². The highest BCUT2D eigenvalue weighted by Crippen LogP contribution is 2.12. The number of benzene rings is 1. The highest BCUT2D eigenvalue weighted by Gasteiger charge is 2.12. The summed E-state index contributed by atoms with van der Waals surface area (Å²) < 4.78 is 5.00. The first-order chi connectivity index (χ1) is 9.02. The minimum absolute atomic E-state index is 0.332. The fourth-order valence-corrected chi connectivity index (χ4v) is 1.23. The smallest absolute Gasteiger partial charge is 0.334 e. The number of aliphatic carboxylic acids is 1. The monoisotopic (exact) mass is 265 g/mol. The molecule has 0 saturated carbocycles. The summed E-state index contributed by atoms with van der Waals surface area (Å²) >= 11 is 0. The number of carbonyl (C=O) groups excluding carboxylic acids is 1. The van der Waals surface area contributed by atoms with Gasteiger partial charge in [-0.05, 0) is 23.8 Å². The van der Waals surface area contributed by atoms with E-state index in [1.807, 2.05) is 0 Å². The third kappa shape index (κ3) is 5.22. The van der Waals surface area contributed by atoms with E-state index in [1.165, 1.54) is 6.08 Å². The maximum atomic E-state index is 11.3. The van der Waals surface area contributed by atoms with Crippen LogP contribution in [-0.4, -0.2) is 41.8 Å². The van der Waals surface area contributed by atoms with Crippen molar-refractivity contribution in [1.29, 1.82) is 0 Å². The standard InChI is InChI=1S/C13H15NO5/c1-19-10-5-2-9(3-6-10)4-7-12(16)14-8-11(15)13(17)18/h2-7,11,15H,8H2,1H3,(H,14,16)(H,17,18). The van der Waals surface area contributed by atoms with Crippen LogP contribution in [0.3, 0.4) is 0 Å². The molecule has 0 aliphatic carbocycles. The Balaban J connectivity index is 2.46. The number of amides is 1. The van der Waals surface area contributed by atoms with Crippen molar-refractivity contribution in [3.05, 3.63) is 35.9 Å². The Morgan fingerprint density at radius 2 is 2.00 bits per heavy atom. The molecule has 6 nitrogen and oxygen atoms in total. The van der Waals surface area contributed by atoms with Gasteiger partial charge in [-0.25, -0.2) is 4.79 Å². The maximum Gasteiger partial charge on any atom is 0.334 e. The van der Waals surface area contributed by atoms with Crippen molar-refractivity contribution in [1.82, 2.24) is 5.32 Å². The number of nitrogens with one attached hydrogen (secondary N) is 1. The van der Waals surface area contributed by atoms with Crippen molar-refractivity contribution in [3.8, 4) is 5.75 Å². The lowest BCUT2D eigenvalue weighted by Gasteiger charge is -2.05. The number of rotatable bonds is 6. The summed E-state index contributed by atoms with van der Waals surface area (Å²) in [6, 6.07) is 7.06. The summed E-state index contributed by atoms with van der Waals surface area (Å²) in [5, 5.41) is 19.7. The average Bonchev–Trinajstić information content (AvgIpc) is 2.42. The fraction of sp³-hybridized carbons (Fsp3) is 0.231. The molecule has 0 aliphatic rings. The molecule has 1 amide bonds. The van der Waals surface area contributed by atoms with E-state index in [1.54, 1.807) is 37.5 Å². The number of aliphatic hydroxyl groups is 1. The molecule has 1 aromatic rings. The van der Waals surface area contributed by atoms with Crippen LogP contribution >= 0.6 is 0 Å². The Morgan fingerprint density at radius 3 is 2.53 bits per heavy atom. The molecule has 1 aromatic carbocycles. The lowest BCUT2D eigenvalue weighted by Crippen LogP contribution is -2.35. The zero-order valence-corrected chi connectivity index (χ0v) is 10.4. The van der Waals surface area contributed by atoms with Gasteiger partial charge >= 0.3 is 5.97 Å². The summed E-state index contributed by atoms with van der Waals surface area (Å²) in [7, 11) is 1.56. The number of carboxylic acid groups (broad SMARTS) is 1. The van der Waals surface area contributed by atoms with Crippen LogP contribution < -0.4 is 10.1 Å². The number of aliphatic hydroxyl groups excluding tert-OH is 1. The normalized spacial score (nSPS) is 12.1. The van der Waals surface area contributed by atoms with Crippen molar-refractivity contribution in [2.45, 2.75) is 6.10 Å². The largest absolute Gasteiger partial charge is 0.497 e. The van der Waals surface area contributed by atoms with Gasteiger partial charge in [0.1, 0.15) is 5.75 Å². The molecular weight excluding hydrogens is 250 g/mol. The van der Waals surface area contributed by atoms with E-state index in [-0.39, 0.29) is 6.54 Å². The predicted octanol–water partition coefficient (Wildman–Crippen LogP) is 0.270. The van der Waals surface area contributed by atoms with E-state index in [9.17, 15) is 9.59 Å². The number of methoxy groups -OCH3 is 1. The molecule has 0 bridgehead atoms. The fourth-order valence-electron chi connectivity index (χ4n) is 1.23. The Bertz CT molecular complexity index is 466. The van der Waals surface area contributed by atoms with E-state index in [0.29, 0.717) is 5.75 Å². The summed E-state index contributed by atoms with van der Waals surface area (Å²) in [6.45, 7) is -0.332. The molecule has 0 radical (unpaired) electrons. The first kappa shape index (κ1) is 14.7. The summed E-state index contributed by atoms with van der Waals surface area (Å²) in [4.78, 5) is 21.7. The van der Waals surface area contributed by atoms with Crippen LogP contribution in [0.1, 0.15) is 5.56 Å². The Morgan fingerprint density at radius 1 is 1.37 bits per heavy atom. The lowest BCUT2D eigenvalue weighted by atomic mass is 10.2. The van der Waals surface area contributed by atoms with Gasteiger partial charge in [0, 0.05) is 6.08 Å². The van der Waals surface area contributed by atoms with Gasteiger partial charge in [0.05, 0.1) is 13.7 Å². The van der Waals surface area contributed by atoms with Crippen LogP contribution in [-0.2, 0) is 9.59 Å². The maximum absolute atomic E-state index is 11.3. The van der Waals surface area contributed by atoms with E-state index < -0.39 is 18.0 Å². The molecule has 0 heterocycles. The zero-order chi connectivity index (χ0) is 14.3. The number of hydrogen-bond acceptors (Lipinski definition) is 4. The average molecular weight is 265 g/mol. The summed E-state index contributed by atoms with van der Waals surface area (Å²) in [5.41, 5.74) is 0.801.